The van der Waals surface area contributed by atoms with Crippen molar-refractivity contribution >= 4 is 5.82 Å². The van der Waals surface area contributed by atoms with E-state index in [9.17, 15) is 10.4 Å². The standard InChI is InChI=1S/C15H22N4O2/c1-4-11-12(8-16)14(19-18-13(11)5-2)17-9-15(20)6-7-21-10(15)3/h10,20H,4-7,9H2,1-3H3,(H,17,19). The summed E-state index contributed by atoms with van der Waals surface area (Å²) in [6.07, 6.45) is 1.83. The van der Waals surface area contributed by atoms with Crippen molar-refractivity contribution in [3.05, 3.63) is 16.8 Å². The molecule has 2 unspecified atom stereocenters. The first-order chi connectivity index (χ1) is 10.1. The molecule has 0 aromatic carbocycles. The normalized spacial score (nSPS) is 24.8. The molecule has 1 saturated heterocycles. The molecular weight excluding hydrogens is 268 g/mol. The lowest BCUT2D eigenvalue weighted by Crippen LogP contribution is -2.43. The van der Waals surface area contributed by atoms with Crippen LogP contribution in [0, 0.1) is 11.3 Å². The SMILES string of the molecule is CCc1nnc(NCC2(O)CCOC2C)c(C#N)c1CC. The maximum absolute atomic E-state index is 10.5. The zero-order valence-corrected chi connectivity index (χ0v) is 12.8. The second kappa shape index (κ2) is 6.37. The fraction of sp³-hybridized carbons (Fsp3) is 0.667. The Morgan fingerprint density at radius 3 is 2.71 bits per heavy atom. The molecule has 1 fully saturated rings. The average Bonchev–Trinajstić information content (AvgIpc) is 2.83. The van der Waals surface area contributed by atoms with Gasteiger partial charge in [-0.15, -0.1) is 5.10 Å². The van der Waals surface area contributed by atoms with Crippen LogP contribution in [0.25, 0.3) is 0 Å². The van der Waals surface area contributed by atoms with Gasteiger partial charge in [-0.25, -0.2) is 0 Å². The summed E-state index contributed by atoms with van der Waals surface area (Å²) in [7, 11) is 0. The molecule has 2 heterocycles. The van der Waals surface area contributed by atoms with Gasteiger partial charge in [0.15, 0.2) is 5.82 Å². The molecule has 2 N–H and O–H groups in total. The fourth-order valence-electron chi connectivity index (χ4n) is 2.66. The number of aromatic nitrogens is 2. The summed E-state index contributed by atoms with van der Waals surface area (Å²) in [5.74, 6) is 0.444. The second-order valence-corrected chi connectivity index (χ2v) is 5.39. The average molecular weight is 290 g/mol. The molecule has 2 rings (SSSR count). The summed E-state index contributed by atoms with van der Waals surface area (Å²) in [5, 5.41) is 31.3. The van der Waals surface area contributed by atoms with E-state index in [1.54, 1.807) is 0 Å². The molecule has 6 heteroatoms. The number of nitrogens with zero attached hydrogens (tertiary/aromatic N) is 3. The van der Waals surface area contributed by atoms with Gasteiger partial charge in [-0.2, -0.15) is 10.4 Å². The van der Waals surface area contributed by atoms with Crippen LogP contribution in [0.2, 0.25) is 0 Å². The molecule has 1 aromatic rings. The highest BCUT2D eigenvalue weighted by Crippen LogP contribution is 2.27. The maximum Gasteiger partial charge on any atom is 0.167 e. The Hall–Kier alpha value is -1.71. The van der Waals surface area contributed by atoms with E-state index in [0.29, 0.717) is 31.0 Å². The number of ether oxygens (including phenoxy) is 1. The van der Waals surface area contributed by atoms with Gasteiger partial charge >= 0.3 is 0 Å². The molecule has 0 radical (unpaired) electrons. The van der Waals surface area contributed by atoms with E-state index >= 15 is 0 Å². The van der Waals surface area contributed by atoms with E-state index in [2.05, 4.69) is 21.6 Å². The van der Waals surface area contributed by atoms with Crippen LogP contribution in [-0.2, 0) is 17.6 Å². The predicted molar refractivity (Wildman–Crippen MR) is 79.0 cm³/mol. The lowest BCUT2D eigenvalue weighted by atomic mass is 9.96. The third-order valence-electron chi connectivity index (χ3n) is 4.18. The Bertz CT molecular complexity index is 555. The van der Waals surface area contributed by atoms with E-state index in [-0.39, 0.29) is 6.10 Å². The summed E-state index contributed by atoms with van der Waals surface area (Å²) < 4.78 is 5.40. The molecule has 0 amide bonds. The molecule has 0 saturated carbocycles. The summed E-state index contributed by atoms with van der Waals surface area (Å²) in [6.45, 7) is 6.69. The molecule has 21 heavy (non-hydrogen) atoms. The van der Waals surface area contributed by atoms with Gasteiger partial charge in [0.25, 0.3) is 0 Å². The van der Waals surface area contributed by atoms with Crippen molar-refractivity contribution in [1.82, 2.24) is 10.2 Å². The van der Waals surface area contributed by atoms with Crippen LogP contribution in [0.15, 0.2) is 0 Å². The Labute approximate surface area is 125 Å². The van der Waals surface area contributed by atoms with Crippen LogP contribution >= 0.6 is 0 Å². The van der Waals surface area contributed by atoms with Gasteiger partial charge < -0.3 is 15.2 Å². The topological polar surface area (TPSA) is 91.1 Å². The van der Waals surface area contributed by atoms with Crippen LogP contribution in [0.5, 0.6) is 0 Å². The number of aryl methyl sites for hydroxylation is 1. The van der Waals surface area contributed by atoms with Crippen LogP contribution in [-0.4, -0.2) is 40.2 Å². The fourth-order valence-corrected chi connectivity index (χ4v) is 2.66. The summed E-state index contributed by atoms with van der Waals surface area (Å²) in [5.41, 5.74) is 1.39. The monoisotopic (exact) mass is 290 g/mol. The van der Waals surface area contributed by atoms with Gasteiger partial charge in [0.1, 0.15) is 17.2 Å². The zero-order valence-electron chi connectivity index (χ0n) is 12.8. The molecule has 2 atom stereocenters. The number of hydrogen-bond acceptors (Lipinski definition) is 6. The minimum Gasteiger partial charge on any atom is -0.385 e. The van der Waals surface area contributed by atoms with Gasteiger partial charge in [-0.1, -0.05) is 13.8 Å². The van der Waals surface area contributed by atoms with E-state index in [1.165, 1.54) is 0 Å². The van der Waals surface area contributed by atoms with Crippen LogP contribution in [0.3, 0.4) is 0 Å². The third kappa shape index (κ3) is 2.99. The quantitative estimate of drug-likeness (QED) is 0.852. The molecule has 0 bridgehead atoms. The Balaban J connectivity index is 2.23. The van der Waals surface area contributed by atoms with Gasteiger partial charge in [0.05, 0.1) is 11.8 Å². The lowest BCUT2D eigenvalue weighted by molar-refractivity contribution is -0.0176. The van der Waals surface area contributed by atoms with Gasteiger partial charge in [0, 0.05) is 19.6 Å². The number of anilines is 1. The minimum absolute atomic E-state index is 0.232. The zero-order chi connectivity index (χ0) is 15.5. The minimum atomic E-state index is -0.926. The van der Waals surface area contributed by atoms with Crippen molar-refractivity contribution in [2.75, 3.05) is 18.5 Å². The first-order valence-electron chi connectivity index (χ1n) is 7.42. The van der Waals surface area contributed by atoms with E-state index in [1.807, 2.05) is 20.8 Å². The molecule has 0 aliphatic carbocycles. The summed E-state index contributed by atoms with van der Waals surface area (Å²) >= 11 is 0. The van der Waals surface area contributed by atoms with Crippen molar-refractivity contribution in [1.29, 1.82) is 5.26 Å². The molecule has 0 spiro atoms. The Kier molecular flexibility index (Phi) is 4.76. The van der Waals surface area contributed by atoms with Gasteiger partial charge in [-0.3, -0.25) is 0 Å². The van der Waals surface area contributed by atoms with Crippen LogP contribution in [0.4, 0.5) is 5.82 Å². The van der Waals surface area contributed by atoms with Crippen molar-refractivity contribution in [3.8, 4) is 6.07 Å². The highest BCUT2D eigenvalue weighted by molar-refractivity contribution is 5.56. The molecule has 114 valence electrons. The Morgan fingerprint density at radius 1 is 1.43 bits per heavy atom. The van der Waals surface area contributed by atoms with Gasteiger partial charge in [0.2, 0.25) is 0 Å². The van der Waals surface area contributed by atoms with E-state index in [4.69, 9.17) is 4.74 Å². The smallest absolute Gasteiger partial charge is 0.167 e. The van der Waals surface area contributed by atoms with Gasteiger partial charge in [-0.05, 0) is 25.3 Å². The number of nitriles is 1. The van der Waals surface area contributed by atoms with Crippen molar-refractivity contribution < 1.29 is 9.84 Å². The lowest BCUT2D eigenvalue weighted by Gasteiger charge is -2.26. The number of hydrogen-bond donors (Lipinski definition) is 2. The predicted octanol–water partition coefficient (Wildman–Crippen LogP) is 1.42. The van der Waals surface area contributed by atoms with Crippen LogP contribution < -0.4 is 5.32 Å². The first-order valence-corrected chi connectivity index (χ1v) is 7.42. The summed E-state index contributed by atoms with van der Waals surface area (Å²) in [4.78, 5) is 0. The first kappa shape index (κ1) is 15.7. The summed E-state index contributed by atoms with van der Waals surface area (Å²) in [6, 6.07) is 2.21. The molecule has 1 aromatic heterocycles. The molecule has 1 aliphatic heterocycles. The van der Waals surface area contributed by atoms with Crippen molar-refractivity contribution in [2.24, 2.45) is 0 Å². The second-order valence-electron chi connectivity index (χ2n) is 5.39. The molecule has 6 nitrogen and oxygen atoms in total. The highest BCUT2D eigenvalue weighted by atomic mass is 16.5. The van der Waals surface area contributed by atoms with Crippen molar-refractivity contribution in [2.45, 2.75) is 51.7 Å². The molecule has 1 aliphatic rings. The molecular formula is C15H22N4O2. The number of aliphatic hydroxyl groups is 1. The highest BCUT2D eigenvalue weighted by Gasteiger charge is 2.39. The van der Waals surface area contributed by atoms with Crippen molar-refractivity contribution in [3.63, 3.8) is 0 Å². The Morgan fingerprint density at radius 2 is 2.19 bits per heavy atom. The third-order valence-corrected chi connectivity index (χ3v) is 4.18. The largest absolute Gasteiger partial charge is 0.385 e. The van der Waals surface area contributed by atoms with E-state index in [0.717, 1.165) is 24.1 Å². The number of nitrogens with one attached hydrogen (secondary N) is 1. The van der Waals surface area contributed by atoms with Crippen LogP contribution in [0.1, 0.15) is 44.0 Å². The number of rotatable bonds is 5. The maximum atomic E-state index is 10.5. The van der Waals surface area contributed by atoms with E-state index < -0.39 is 5.60 Å².